The molecular formula is C14H22N2O. The van der Waals surface area contributed by atoms with Gasteiger partial charge in [-0.15, -0.1) is 0 Å². The van der Waals surface area contributed by atoms with Crippen LogP contribution in [0.25, 0.3) is 0 Å². The third kappa shape index (κ3) is 4.19. The topological polar surface area (TPSA) is 55.1 Å². The largest absolute Gasteiger partial charge is 0.369 e. The Morgan fingerprint density at radius 2 is 1.88 bits per heavy atom. The van der Waals surface area contributed by atoms with E-state index in [2.05, 4.69) is 50.4 Å². The predicted molar refractivity (Wildman–Crippen MR) is 70.6 cm³/mol. The molecule has 3 N–H and O–H groups in total. The summed E-state index contributed by atoms with van der Waals surface area (Å²) in [4.78, 5) is 10.8. The molecule has 1 amide bonds. The minimum absolute atomic E-state index is 0.174. The summed E-state index contributed by atoms with van der Waals surface area (Å²) in [5.41, 5.74) is 7.70. The lowest BCUT2D eigenvalue weighted by Crippen LogP contribution is -2.34. The van der Waals surface area contributed by atoms with Crippen LogP contribution in [0.4, 0.5) is 0 Å². The average molecular weight is 234 g/mol. The van der Waals surface area contributed by atoms with E-state index in [-0.39, 0.29) is 18.5 Å². The Morgan fingerprint density at radius 3 is 2.29 bits per heavy atom. The van der Waals surface area contributed by atoms with Crippen molar-refractivity contribution < 1.29 is 4.79 Å². The summed E-state index contributed by atoms with van der Waals surface area (Å²) < 4.78 is 0. The van der Waals surface area contributed by atoms with Gasteiger partial charge in [-0.2, -0.15) is 0 Å². The second-order valence-electron chi connectivity index (χ2n) is 4.66. The third-order valence-corrected chi connectivity index (χ3v) is 2.91. The van der Waals surface area contributed by atoms with Crippen LogP contribution < -0.4 is 11.1 Å². The summed E-state index contributed by atoms with van der Waals surface area (Å²) >= 11 is 0. The molecule has 0 heterocycles. The number of hydrogen-bond donors (Lipinski definition) is 2. The number of amides is 1. The highest BCUT2D eigenvalue weighted by atomic mass is 16.1. The van der Waals surface area contributed by atoms with E-state index in [4.69, 9.17) is 5.73 Å². The number of primary amides is 1. The molecule has 1 aromatic carbocycles. The van der Waals surface area contributed by atoms with Crippen molar-refractivity contribution in [2.45, 2.75) is 33.2 Å². The summed E-state index contributed by atoms with van der Waals surface area (Å²) in [6.07, 6.45) is 1.04. The van der Waals surface area contributed by atoms with Crippen molar-refractivity contribution >= 4 is 5.91 Å². The van der Waals surface area contributed by atoms with Gasteiger partial charge in [-0.25, -0.2) is 0 Å². The lowest BCUT2D eigenvalue weighted by atomic mass is 9.95. The number of rotatable bonds is 6. The monoisotopic (exact) mass is 234 g/mol. The van der Waals surface area contributed by atoms with Crippen LogP contribution in [0.2, 0.25) is 0 Å². The number of carbonyl (C=O) groups excluding carboxylic acids is 1. The van der Waals surface area contributed by atoms with Gasteiger partial charge >= 0.3 is 0 Å². The minimum Gasteiger partial charge on any atom is -0.369 e. The molecular weight excluding hydrogens is 212 g/mol. The van der Waals surface area contributed by atoms with Crippen LogP contribution in [0.3, 0.4) is 0 Å². The predicted octanol–water partition coefficient (Wildman–Crippen LogP) is 2.02. The van der Waals surface area contributed by atoms with Crippen molar-refractivity contribution in [2.75, 3.05) is 6.54 Å². The smallest absolute Gasteiger partial charge is 0.231 e. The maximum absolute atomic E-state index is 10.8. The van der Waals surface area contributed by atoms with E-state index in [1.807, 2.05) is 0 Å². The fraction of sp³-hybridized carbons (Fsp3) is 0.500. The highest BCUT2D eigenvalue weighted by Gasteiger charge is 2.15. The molecule has 0 saturated carbocycles. The Morgan fingerprint density at radius 1 is 1.29 bits per heavy atom. The molecule has 0 aromatic heterocycles. The van der Waals surface area contributed by atoms with Crippen LogP contribution in [0.1, 0.15) is 37.9 Å². The zero-order valence-electron chi connectivity index (χ0n) is 10.9. The molecule has 0 aliphatic rings. The lowest BCUT2D eigenvalue weighted by Gasteiger charge is -2.22. The number of aryl methyl sites for hydroxylation is 1. The molecule has 3 heteroatoms. The highest BCUT2D eigenvalue weighted by molar-refractivity contribution is 5.75. The zero-order valence-corrected chi connectivity index (χ0v) is 10.9. The molecule has 0 spiro atoms. The lowest BCUT2D eigenvalue weighted by molar-refractivity contribution is -0.117. The van der Waals surface area contributed by atoms with Crippen molar-refractivity contribution in [1.29, 1.82) is 0 Å². The summed E-state index contributed by atoms with van der Waals surface area (Å²) in [5.74, 6) is 0.0997. The number of hydrogen-bond acceptors (Lipinski definition) is 2. The number of nitrogens with one attached hydrogen (secondary N) is 1. The van der Waals surface area contributed by atoms with Gasteiger partial charge in [-0.05, 0) is 23.5 Å². The van der Waals surface area contributed by atoms with Crippen molar-refractivity contribution in [3.05, 3.63) is 35.4 Å². The summed E-state index contributed by atoms with van der Waals surface area (Å²) in [5, 5.41) is 3.20. The minimum atomic E-state index is -0.319. The SMILES string of the molecule is CCc1ccc([C@H](NCC(N)=O)C(C)C)cc1. The molecule has 3 nitrogen and oxygen atoms in total. The van der Waals surface area contributed by atoms with E-state index in [9.17, 15) is 4.79 Å². The van der Waals surface area contributed by atoms with Gasteiger partial charge in [0, 0.05) is 6.04 Å². The van der Waals surface area contributed by atoms with Gasteiger partial charge in [0.1, 0.15) is 0 Å². The second-order valence-corrected chi connectivity index (χ2v) is 4.66. The first kappa shape index (κ1) is 13.7. The first-order valence-electron chi connectivity index (χ1n) is 6.15. The number of benzene rings is 1. The maximum atomic E-state index is 10.8. The normalized spacial score (nSPS) is 12.7. The molecule has 0 radical (unpaired) electrons. The van der Waals surface area contributed by atoms with Gasteiger partial charge < -0.3 is 11.1 Å². The zero-order chi connectivity index (χ0) is 12.8. The van der Waals surface area contributed by atoms with Crippen molar-refractivity contribution in [3.8, 4) is 0 Å². The van der Waals surface area contributed by atoms with Crippen LogP contribution in [0.15, 0.2) is 24.3 Å². The Labute approximate surface area is 103 Å². The molecule has 1 atom stereocenters. The Balaban J connectivity index is 2.78. The molecule has 0 aliphatic carbocycles. The Hall–Kier alpha value is -1.35. The fourth-order valence-corrected chi connectivity index (χ4v) is 1.91. The highest BCUT2D eigenvalue weighted by Crippen LogP contribution is 2.21. The summed E-state index contributed by atoms with van der Waals surface area (Å²) in [7, 11) is 0. The molecule has 0 bridgehead atoms. The molecule has 1 aromatic rings. The molecule has 17 heavy (non-hydrogen) atoms. The van der Waals surface area contributed by atoms with Gasteiger partial charge in [0.2, 0.25) is 5.91 Å². The number of nitrogens with two attached hydrogens (primary N) is 1. The quantitative estimate of drug-likeness (QED) is 0.791. The van der Waals surface area contributed by atoms with Crippen LogP contribution in [-0.2, 0) is 11.2 Å². The summed E-state index contributed by atoms with van der Waals surface area (Å²) in [6, 6.07) is 8.69. The average Bonchev–Trinajstić information content (AvgIpc) is 2.29. The van der Waals surface area contributed by atoms with Crippen molar-refractivity contribution in [3.63, 3.8) is 0 Å². The standard InChI is InChI=1S/C14H22N2O/c1-4-11-5-7-12(8-6-11)14(10(2)3)16-9-13(15)17/h5-8,10,14,16H,4,9H2,1-3H3,(H2,15,17)/t14-/m1/s1. The fourth-order valence-electron chi connectivity index (χ4n) is 1.91. The Kier molecular flexibility index (Phi) is 5.16. The summed E-state index contributed by atoms with van der Waals surface area (Å²) in [6.45, 7) is 6.62. The van der Waals surface area contributed by atoms with E-state index in [1.54, 1.807) is 0 Å². The van der Waals surface area contributed by atoms with Gasteiger partial charge in [0.15, 0.2) is 0 Å². The van der Waals surface area contributed by atoms with Gasteiger partial charge in [0.25, 0.3) is 0 Å². The van der Waals surface area contributed by atoms with Crippen LogP contribution in [-0.4, -0.2) is 12.5 Å². The third-order valence-electron chi connectivity index (χ3n) is 2.91. The molecule has 0 unspecified atom stereocenters. The first-order valence-corrected chi connectivity index (χ1v) is 6.15. The first-order chi connectivity index (χ1) is 8.04. The van der Waals surface area contributed by atoms with Crippen LogP contribution in [0.5, 0.6) is 0 Å². The molecule has 1 rings (SSSR count). The molecule has 0 saturated heterocycles. The van der Waals surface area contributed by atoms with Gasteiger partial charge in [-0.1, -0.05) is 45.0 Å². The van der Waals surface area contributed by atoms with Crippen molar-refractivity contribution in [2.24, 2.45) is 11.7 Å². The van der Waals surface area contributed by atoms with E-state index in [1.165, 1.54) is 11.1 Å². The number of carbonyl (C=O) groups is 1. The van der Waals surface area contributed by atoms with E-state index in [0.29, 0.717) is 5.92 Å². The van der Waals surface area contributed by atoms with E-state index < -0.39 is 0 Å². The maximum Gasteiger partial charge on any atom is 0.231 e. The molecule has 0 fully saturated rings. The van der Waals surface area contributed by atoms with Crippen molar-refractivity contribution in [1.82, 2.24) is 5.32 Å². The second kappa shape index (κ2) is 6.40. The van der Waals surface area contributed by atoms with Gasteiger partial charge in [-0.3, -0.25) is 4.79 Å². The van der Waals surface area contributed by atoms with Gasteiger partial charge in [0.05, 0.1) is 6.54 Å². The van der Waals surface area contributed by atoms with E-state index >= 15 is 0 Å². The van der Waals surface area contributed by atoms with E-state index in [0.717, 1.165) is 6.42 Å². The van der Waals surface area contributed by atoms with Crippen LogP contribution >= 0.6 is 0 Å². The molecule has 94 valence electrons. The van der Waals surface area contributed by atoms with Crippen LogP contribution in [0, 0.1) is 5.92 Å². The molecule has 0 aliphatic heterocycles. The Bertz CT molecular complexity index is 357.